The number of aliphatic carboxylic acids is 1. The molecule has 0 aliphatic carbocycles. The molecule has 29 heavy (non-hydrogen) atoms. The van der Waals surface area contributed by atoms with Crippen molar-refractivity contribution in [2.45, 2.75) is 23.1 Å². The maximum Gasteiger partial charge on any atom is 0.307 e. The Hall–Kier alpha value is -2.83. The van der Waals surface area contributed by atoms with Gasteiger partial charge in [-0.3, -0.25) is 4.79 Å². The van der Waals surface area contributed by atoms with Crippen molar-refractivity contribution in [1.82, 2.24) is 0 Å². The van der Waals surface area contributed by atoms with E-state index in [0.29, 0.717) is 34.1 Å². The summed E-state index contributed by atoms with van der Waals surface area (Å²) in [6.45, 7) is 2.39. The van der Waals surface area contributed by atoms with Crippen molar-refractivity contribution in [1.29, 1.82) is 0 Å². The molecule has 0 saturated heterocycles. The SMILES string of the molecule is CCOc1ccc(-c2cccc(S(=O)(=O)c3cccc(CC(=O)O)c3)c2)c(Cl)c1. The molecular formula is C22H19ClO5S. The van der Waals surface area contributed by atoms with Crippen LogP contribution >= 0.6 is 11.6 Å². The van der Waals surface area contributed by atoms with E-state index >= 15 is 0 Å². The molecule has 5 nitrogen and oxygen atoms in total. The average molecular weight is 431 g/mol. The fraction of sp³-hybridized carbons (Fsp3) is 0.136. The molecule has 0 radical (unpaired) electrons. The van der Waals surface area contributed by atoms with E-state index in [2.05, 4.69) is 0 Å². The summed E-state index contributed by atoms with van der Waals surface area (Å²) in [7, 11) is -3.82. The molecule has 0 spiro atoms. The summed E-state index contributed by atoms with van der Waals surface area (Å²) in [6.07, 6.45) is -0.245. The molecule has 0 aromatic heterocycles. The van der Waals surface area contributed by atoms with Crippen molar-refractivity contribution in [2.75, 3.05) is 6.61 Å². The highest BCUT2D eigenvalue weighted by Gasteiger charge is 2.19. The van der Waals surface area contributed by atoms with Gasteiger partial charge in [-0.25, -0.2) is 8.42 Å². The molecule has 1 N–H and O–H groups in total. The largest absolute Gasteiger partial charge is 0.494 e. The molecule has 3 rings (SSSR count). The summed E-state index contributed by atoms with van der Waals surface area (Å²) < 4.78 is 31.6. The Morgan fingerprint density at radius 3 is 2.34 bits per heavy atom. The number of sulfone groups is 1. The molecule has 0 aliphatic rings. The third-order valence-electron chi connectivity index (χ3n) is 4.27. The summed E-state index contributed by atoms with van der Waals surface area (Å²) in [4.78, 5) is 11.1. The van der Waals surface area contributed by atoms with Gasteiger partial charge in [0.1, 0.15) is 5.75 Å². The summed E-state index contributed by atoms with van der Waals surface area (Å²) >= 11 is 6.37. The van der Waals surface area contributed by atoms with Crippen molar-refractivity contribution in [2.24, 2.45) is 0 Å². The Balaban J connectivity index is 2.00. The summed E-state index contributed by atoms with van der Waals surface area (Å²) in [5, 5.41) is 9.40. The van der Waals surface area contributed by atoms with E-state index in [0.717, 1.165) is 0 Å². The Labute approximate surface area is 174 Å². The van der Waals surface area contributed by atoms with Gasteiger partial charge >= 0.3 is 5.97 Å². The second kappa shape index (κ2) is 8.68. The van der Waals surface area contributed by atoms with Gasteiger partial charge in [0.05, 0.1) is 27.8 Å². The standard InChI is InChI=1S/C22H19ClO5S/c1-2-28-17-9-10-20(21(23)14-17)16-6-4-8-19(13-16)29(26,27)18-7-3-5-15(11-18)12-22(24)25/h3-11,13-14H,2,12H2,1H3,(H,24,25). The number of carbonyl (C=O) groups is 1. The van der Waals surface area contributed by atoms with Crippen molar-refractivity contribution in [3.63, 3.8) is 0 Å². The first-order chi connectivity index (χ1) is 13.8. The van der Waals surface area contributed by atoms with E-state index in [9.17, 15) is 13.2 Å². The lowest BCUT2D eigenvalue weighted by Crippen LogP contribution is -2.05. The molecule has 3 aromatic carbocycles. The van der Waals surface area contributed by atoms with Crippen LogP contribution in [0.25, 0.3) is 11.1 Å². The maximum absolute atomic E-state index is 13.1. The zero-order chi connectivity index (χ0) is 21.0. The molecule has 0 atom stereocenters. The number of halogens is 1. The Bertz CT molecular complexity index is 1160. The number of benzene rings is 3. The zero-order valence-corrected chi connectivity index (χ0v) is 17.2. The van der Waals surface area contributed by atoms with Crippen LogP contribution in [0.1, 0.15) is 12.5 Å². The van der Waals surface area contributed by atoms with Gasteiger partial charge in [0.2, 0.25) is 9.84 Å². The lowest BCUT2D eigenvalue weighted by atomic mass is 10.1. The highest BCUT2D eigenvalue weighted by molar-refractivity contribution is 7.91. The highest BCUT2D eigenvalue weighted by Crippen LogP contribution is 2.33. The molecule has 0 heterocycles. The van der Waals surface area contributed by atoms with E-state index in [1.165, 1.54) is 18.2 Å². The normalized spacial score (nSPS) is 11.2. The van der Waals surface area contributed by atoms with Crippen molar-refractivity contribution in [3.05, 3.63) is 77.3 Å². The molecule has 3 aromatic rings. The lowest BCUT2D eigenvalue weighted by Gasteiger charge is -2.11. The van der Waals surface area contributed by atoms with Crippen molar-refractivity contribution < 1.29 is 23.1 Å². The smallest absolute Gasteiger partial charge is 0.307 e. The Morgan fingerprint density at radius 1 is 1.00 bits per heavy atom. The molecule has 7 heteroatoms. The quantitative estimate of drug-likeness (QED) is 0.578. The van der Waals surface area contributed by atoms with Crippen LogP contribution in [0.3, 0.4) is 0 Å². The van der Waals surface area contributed by atoms with Crippen LogP contribution in [0.15, 0.2) is 76.5 Å². The van der Waals surface area contributed by atoms with Crippen LogP contribution in [-0.4, -0.2) is 26.1 Å². The predicted molar refractivity (Wildman–Crippen MR) is 111 cm³/mol. The fourth-order valence-electron chi connectivity index (χ4n) is 2.95. The second-order valence-corrected chi connectivity index (χ2v) is 8.68. The topological polar surface area (TPSA) is 80.7 Å². The zero-order valence-electron chi connectivity index (χ0n) is 15.6. The summed E-state index contributed by atoms with van der Waals surface area (Å²) in [5.41, 5.74) is 1.76. The Kier molecular flexibility index (Phi) is 6.25. The lowest BCUT2D eigenvalue weighted by molar-refractivity contribution is -0.136. The Morgan fingerprint density at radius 2 is 1.69 bits per heavy atom. The summed E-state index contributed by atoms with van der Waals surface area (Å²) in [5.74, 6) is -0.382. The predicted octanol–water partition coefficient (Wildman–Crippen LogP) is 4.87. The van der Waals surface area contributed by atoms with Gasteiger partial charge in [-0.05, 0) is 60.5 Å². The van der Waals surface area contributed by atoms with Gasteiger partial charge in [0.15, 0.2) is 0 Å². The van der Waals surface area contributed by atoms with Gasteiger partial charge in [0, 0.05) is 5.56 Å². The van der Waals surface area contributed by atoms with Crippen molar-refractivity contribution in [3.8, 4) is 16.9 Å². The van der Waals surface area contributed by atoms with Gasteiger partial charge in [-0.2, -0.15) is 0 Å². The molecule has 0 saturated carbocycles. The number of rotatable bonds is 7. The average Bonchev–Trinajstić information content (AvgIpc) is 2.68. The molecule has 150 valence electrons. The van der Waals surface area contributed by atoms with Crippen LogP contribution in [-0.2, 0) is 21.1 Å². The van der Waals surface area contributed by atoms with Crippen molar-refractivity contribution >= 4 is 27.4 Å². The molecule has 0 fully saturated rings. The molecule has 0 amide bonds. The van der Waals surface area contributed by atoms with Crippen LogP contribution in [0.5, 0.6) is 5.75 Å². The number of ether oxygens (including phenoxy) is 1. The van der Waals surface area contributed by atoms with Crippen LogP contribution in [0.4, 0.5) is 0 Å². The number of carboxylic acid groups (broad SMARTS) is 1. The first-order valence-electron chi connectivity index (χ1n) is 8.90. The summed E-state index contributed by atoms with van der Waals surface area (Å²) in [6, 6.07) is 17.7. The molecule has 0 bridgehead atoms. The molecule has 0 aliphatic heterocycles. The number of carboxylic acids is 1. The molecular weight excluding hydrogens is 412 g/mol. The van der Waals surface area contributed by atoms with Gasteiger partial charge in [0.25, 0.3) is 0 Å². The van der Waals surface area contributed by atoms with Gasteiger partial charge in [-0.1, -0.05) is 35.9 Å². The van der Waals surface area contributed by atoms with E-state index in [4.69, 9.17) is 21.4 Å². The van der Waals surface area contributed by atoms with Crippen LogP contribution < -0.4 is 4.74 Å². The molecule has 0 unspecified atom stereocenters. The monoisotopic (exact) mass is 430 g/mol. The number of hydrogen-bond donors (Lipinski definition) is 1. The third kappa shape index (κ3) is 4.78. The van der Waals surface area contributed by atoms with E-state index in [1.54, 1.807) is 48.5 Å². The minimum Gasteiger partial charge on any atom is -0.494 e. The first kappa shape index (κ1) is 20.9. The van der Waals surface area contributed by atoms with E-state index < -0.39 is 15.8 Å². The second-order valence-electron chi connectivity index (χ2n) is 6.32. The third-order valence-corrected chi connectivity index (χ3v) is 6.33. The minimum absolute atomic E-state index is 0.0474. The maximum atomic E-state index is 13.1. The van der Waals surface area contributed by atoms with Crippen LogP contribution in [0.2, 0.25) is 5.02 Å². The van der Waals surface area contributed by atoms with Gasteiger partial charge < -0.3 is 9.84 Å². The van der Waals surface area contributed by atoms with Gasteiger partial charge in [-0.15, -0.1) is 0 Å². The fourth-order valence-corrected chi connectivity index (χ4v) is 4.61. The minimum atomic E-state index is -3.82. The van der Waals surface area contributed by atoms with Crippen LogP contribution in [0, 0.1) is 0 Å². The first-order valence-corrected chi connectivity index (χ1v) is 10.8. The van der Waals surface area contributed by atoms with E-state index in [-0.39, 0.29) is 16.2 Å². The highest BCUT2D eigenvalue weighted by atomic mass is 35.5. The number of hydrogen-bond acceptors (Lipinski definition) is 4. The van der Waals surface area contributed by atoms with E-state index in [1.807, 2.05) is 6.92 Å².